The lowest BCUT2D eigenvalue weighted by Crippen LogP contribution is -2.41. The molecule has 3 N–H and O–H groups in total. The van der Waals surface area contributed by atoms with Gasteiger partial charge in [-0.15, -0.1) is 0 Å². The topological polar surface area (TPSA) is 144 Å². The van der Waals surface area contributed by atoms with Crippen molar-refractivity contribution in [3.63, 3.8) is 0 Å². The molecule has 0 radical (unpaired) electrons. The van der Waals surface area contributed by atoms with Crippen LogP contribution in [0.25, 0.3) is 0 Å². The maximum atomic E-state index is 11.9. The molecule has 1 amide bonds. The van der Waals surface area contributed by atoms with Gasteiger partial charge in [-0.2, -0.15) is 0 Å². The number of carbonyl (C=O) groups excluding carboxylic acids is 2. The second-order valence-electron chi connectivity index (χ2n) is 6.16. The molecule has 2 aromatic rings. The molecule has 11 heteroatoms. The molecule has 0 aliphatic carbocycles. The first-order valence-electron chi connectivity index (χ1n) is 8.69. The predicted octanol–water partition coefficient (Wildman–Crippen LogP) is -0.829. The number of hydrogen-bond acceptors (Lipinski definition) is 8. The molecule has 152 valence electrons. The van der Waals surface area contributed by atoms with Crippen molar-refractivity contribution in [2.45, 2.75) is 19.3 Å². The van der Waals surface area contributed by atoms with Gasteiger partial charge in [0.05, 0.1) is 0 Å². The van der Waals surface area contributed by atoms with Crippen LogP contribution >= 0.6 is 0 Å². The molecule has 0 saturated heterocycles. The molecule has 1 aliphatic rings. The second-order valence-corrected chi connectivity index (χ2v) is 6.16. The summed E-state index contributed by atoms with van der Waals surface area (Å²) in [5.74, 6) is -1.01. The minimum absolute atomic E-state index is 0.0666. The van der Waals surface area contributed by atoms with Crippen molar-refractivity contribution in [2.75, 3.05) is 13.2 Å². The molecule has 1 aliphatic heterocycles. The third-order valence-electron chi connectivity index (χ3n) is 4.01. The van der Waals surface area contributed by atoms with E-state index in [0.717, 1.165) is 0 Å². The summed E-state index contributed by atoms with van der Waals surface area (Å²) in [4.78, 5) is 52.9. The number of nitrogens with one attached hydrogen (secondary N) is 3. The highest BCUT2D eigenvalue weighted by Crippen LogP contribution is 2.19. The Morgan fingerprint density at radius 2 is 2.03 bits per heavy atom. The minimum Gasteiger partial charge on any atom is -0.462 e. The Kier molecular flexibility index (Phi) is 6.32. The van der Waals surface area contributed by atoms with E-state index in [0.29, 0.717) is 11.1 Å². The standard InChI is InChI=1S/C18H19N5O6/c1-11-9-23(18(27)21-16(11)25)14-3-2-13(29-14)10-28-15(24)8-20-22-17(26)12-4-6-19-7-5-12/h2-7,9,13-14,20H,8,10H2,1H3,(H,22,26)(H,21,25,27)/t13-,14+/m0/s1. The van der Waals surface area contributed by atoms with Gasteiger partial charge >= 0.3 is 11.7 Å². The van der Waals surface area contributed by atoms with Crippen LogP contribution < -0.4 is 22.1 Å². The van der Waals surface area contributed by atoms with Crippen LogP contribution in [0.1, 0.15) is 22.1 Å². The van der Waals surface area contributed by atoms with Crippen LogP contribution in [-0.2, 0) is 14.3 Å². The number of nitrogens with zero attached hydrogens (tertiary/aromatic N) is 2. The number of hydrazine groups is 1. The summed E-state index contributed by atoms with van der Waals surface area (Å²) in [6.07, 6.45) is 6.39. The first-order valence-corrected chi connectivity index (χ1v) is 8.69. The van der Waals surface area contributed by atoms with E-state index in [9.17, 15) is 19.2 Å². The van der Waals surface area contributed by atoms with Crippen LogP contribution in [0.4, 0.5) is 0 Å². The maximum Gasteiger partial charge on any atom is 0.330 e. The lowest BCUT2D eigenvalue weighted by Gasteiger charge is -2.16. The van der Waals surface area contributed by atoms with Crippen molar-refractivity contribution < 1.29 is 19.1 Å². The molecule has 2 aromatic heterocycles. The van der Waals surface area contributed by atoms with Gasteiger partial charge < -0.3 is 9.47 Å². The van der Waals surface area contributed by atoms with E-state index in [1.807, 2.05) is 0 Å². The number of aromatic amines is 1. The highest BCUT2D eigenvalue weighted by molar-refractivity contribution is 5.93. The van der Waals surface area contributed by atoms with Crippen LogP contribution in [0.5, 0.6) is 0 Å². The van der Waals surface area contributed by atoms with Gasteiger partial charge in [-0.25, -0.2) is 10.2 Å². The zero-order valence-electron chi connectivity index (χ0n) is 15.5. The Hall–Kier alpha value is -3.57. The number of hydrogen-bond donors (Lipinski definition) is 3. The van der Waals surface area contributed by atoms with E-state index in [-0.39, 0.29) is 13.2 Å². The number of amides is 1. The highest BCUT2D eigenvalue weighted by Gasteiger charge is 2.23. The van der Waals surface area contributed by atoms with Gasteiger partial charge in [-0.1, -0.05) is 6.08 Å². The summed E-state index contributed by atoms with van der Waals surface area (Å²) in [6.45, 7) is 1.27. The van der Waals surface area contributed by atoms with Gasteiger partial charge in [0.25, 0.3) is 11.5 Å². The molecule has 0 aromatic carbocycles. The van der Waals surface area contributed by atoms with Gasteiger partial charge in [0.2, 0.25) is 0 Å². The lowest BCUT2D eigenvalue weighted by atomic mass is 10.3. The summed E-state index contributed by atoms with van der Waals surface area (Å²) in [5, 5.41) is 0. The van der Waals surface area contributed by atoms with Gasteiger partial charge in [0, 0.05) is 29.7 Å². The van der Waals surface area contributed by atoms with E-state index in [2.05, 4.69) is 20.8 Å². The Morgan fingerprint density at radius 1 is 1.28 bits per heavy atom. The van der Waals surface area contributed by atoms with Crippen molar-refractivity contribution in [2.24, 2.45) is 0 Å². The fourth-order valence-corrected chi connectivity index (χ4v) is 2.52. The molecule has 11 nitrogen and oxygen atoms in total. The van der Waals surface area contributed by atoms with Gasteiger partial charge in [0.15, 0.2) is 6.23 Å². The molecule has 0 saturated carbocycles. The number of aromatic nitrogens is 3. The number of H-pyrrole nitrogens is 1. The van der Waals surface area contributed by atoms with Gasteiger partial charge in [-0.05, 0) is 25.1 Å². The minimum atomic E-state index is -0.709. The van der Waals surface area contributed by atoms with E-state index in [1.54, 1.807) is 19.1 Å². The fourth-order valence-electron chi connectivity index (χ4n) is 2.52. The third-order valence-corrected chi connectivity index (χ3v) is 4.01. The number of ether oxygens (including phenoxy) is 2. The first-order chi connectivity index (χ1) is 13.9. The average molecular weight is 401 g/mol. The normalized spacial score (nSPS) is 17.8. The number of rotatable bonds is 7. The van der Waals surface area contributed by atoms with E-state index >= 15 is 0 Å². The number of aryl methyl sites for hydroxylation is 1. The number of esters is 1. The second kappa shape index (κ2) is 9.08. The number of pyridine rings is 1. The molecule has 0 fully saturated rings. The largest absolute Gasteiger partial charge is 0.462 e. The molecule has 0 spiro atoms. The smallest absolute Gasteiger partial charge is 0.330 e. The van der Waals surface area contributed by atoms with Crippen LogP contribution in [0.3, 0.4) is 0 Å². The summed E-state index contributed by atoms with van der Waals surface area (Å²) < 4.78 is 12.0. The Labute approximate surface area is 164 Å². The fraction of sp³-hybridized carbons (Fsp3) is 0.278. The van der Waals surface area contributed by atoms with E-state index in [4.69, 9.17) is 9.47 Å². The maximum absolute atomic E-state index is 11.9. The van der Waals surface area contributed by atoms with E-state index in [1.165, 1.54) is 35.3 Å². The summed E-state index contributed by atoms with van der Waals surface area (Å²) in [6, 6.07) is 3.06. The lowest BCUT2D eigenvalue weighted by molar-refractivity contribution is -0.146. The molecule has 29 heavy (non-hydrogen) atoms. The molecule has 3 heterocycles. The summed E-state index contributed by atoms with van der Waals surface area (Å²) in [5.41, 5.74) is 4.57. The molecule has 0 unspecified atom stereocenters. The predicted molar refractivity (Wildman–Crippen MR) is 99.8 cm³/mol. The van der Waals surface area contributed by atoms with Gasteiger partial charge in [-0.3, -0.25) is 34.3 Å². The van der Waals surface area contributed by atoms with Crippen LogP contribution in [0.15, 0.2) is 52.5 Å². The molecule has 2 atom stereocenters. The average Bonchev–Trinajstić information content (AvgIpc) is 3.18. The van der Waals surface area contributed by atoms with Crippen LogP contribution in [0, 0.1) is 6.92 Å². The monoisotopic (exact) mass is 401 g/mol. The van der Waals surface area contributed by atoms with Crippen molar-refractivity contribution in [3.8, 4) is 0 Å². The Bertz CT molecular complexity index is 1030. The van der Waals surface area contributed by atoms with Crippen molar-refractivity contribution in [1.29, 1.82) is 0 Å². The van der Waals surface area contributed by atoms with Gasteiger partial charge in [0.1, 0.15) is 19.3 Å². The SMILES string of the molecule is Cc1cn([C@H]2C=C[C@@H](COC(=O)CNNC(=O)c3ccncc3)O2)c(=O)[nH]c1=O. The van der Waals surface area contributed by atoms with Crippen molar-refractivity contribution in [1.82, 2.24) is 25.4 Å². The van der Waals surface area contributed by atoms with Crippen molar-refractivity contribution in [3.05, 3.63) is 74.8 Å². The summed E-state index contributed by atoms with van der Waals surface area (Å²) in [7, 11) is 0. The molecular weight excluding hydrogens is 382 g/mol. The quantitative estimate of drug-likeness (QED) is 0.310. The molecular formula is C18H19N5O6. The molecule has 3 rings (SSSR count). The Morgan fingerprint density at radius 3 is 2.79 bits per heavy atom. The van der Waals surface area contributed by atoms with Crippen LogP contribution in [0.2, 0.25) is 0 Å². The zero-order chi connectivity index (χ0) is 20.8. The molecule has 0 bridgehead atoms. The van der Waals surface area contributed by atoms with Crippen molar-refractivity contribution >= 4 is 11.9 Å². The van der Waals surface area contributed by atoms with Crippen LogP contribution in [-0.4, -0.2) is 45.7 Å². The van der Waals surface area contributed by atoms with E-state index < -0.39 is 35.5 Å². The summed E-state index contributed by atoms with van der Waals surface area (Å²) >= 11 is 0. The Balaban J connectivity index is 1.41. The number of carbonyl (C=O) groups is 2. The zero-order valence-corrected chi connectivity index (χ0v) is 15.5. The highest BCUT2D eigenvalue weighted by atomic mass is 16.6. The first kappa shape index (κ1) is 20.2. The third kappa shape index (κ3) is 5.24.